The summed E-state index contributed by atoms with van der Waals surface area (Å²) in [5.74, 6) is 0.636. The second kappa shape index (κ2) is 7.73. The maximum Gasteiger partial charge on any atom is 0.264 e. The van der Waals surface area contributed by atoms with Crippen molar-refractivity contribution in [3.63, 3.8) is 0 Å². The topological polar surface area (TPSA) is 94.1 Å². The highest BCUT2D eigenvalue weighted by Gasteiger charge is 2.17. The third kappa shape index (κ3) is 4.76. The van der Waals surface area contributed by atoms with Gasteiger partial charge in [-0.3, -0.25) is 9.71 Å². The molecule has 0 saturated carbocycles. The van der Waals surface area contributed by atoms with Gasteiger partial charge in [-0.2, -0.15) is 0 Å². The number of ether oxygens (including phenoxy) is 1. The van der Waals surface area contributed by atoms with Gasteiger partial charge in [-0.15, -0.1) is 0 Å². The largest absolute Gasteiger partial charge is 0.435 e. The molecule has 0 bridgehead atoms. The van der Waals surface area contributed by atoms with E-state index in [1.54, 1.807) is 12.3 Å². The molecule has 0 atom stereocenters. The molecule has 0 spiro atoms. The van der Waals surface area contributed by atoms with Gasteiger partial charge in [0.25, 0.3) is 5.88 Å². The van der Waals surface area contributed by atoms with E-state index in [1.807, 2.05) is 32.9 Å². The molecular formula is C19H19ClN4O3S. The van der Waals surface area contributed by atoms with Gasteiger partial charge >= 0.3 is 0 Å². The third-order valence-electron chi connectivity index (χ3n) is 3.83. The Labute approximate surface area is 168 Å². The van der Waals surface area contributed by atoms with Crippen LogP contribution >= 0.6 is 11.6 Å². The van der Waals surface area contributed by atoms with Crippen LogP contribution in [0.25, 0.3) is 11.3 Å². The number of nitrogens with one attached hydrogen (secondary N) is 1. The Kier molecular flexibility index (Phi) is 5.53. The summed E-state index contributed by atoms with van der Waals surface area (Å²) in [4.78, 5) is 12.7. The van der Waals surface area contributed by atoms with Gasteiger partial charge in [0, 0.05) is 18.0 Å². The van der Waals surface area contributed by atoms with Crippen molar-refractivity contribution in [1.82, 2.24) is 15.0 Å². The average molecular weight is 419 g/mol. The second-order valence-electron chi connectivity index (χ2n) is 6.50. The monoisotopic (exact) mass is 418 g/mol. The molecule has 1 N–H and O–H groups in total. The van der Waals surface area contributed by atoms with Gasteiger partial charge in [0.1, 0.15) is 5.75 Å². The quantitative estimate of drug-likeness (QED) is 0.664. The van der Waals surface area contributed by atoms with E-state index >= 15 is 0 Å². The average Bonchev–Trinajstić information content (AvgIpc) is 2.58. The van der Waals surface area contributed by atoms with Crippen molar-refractivity contribution in [2.24, 2.45) is 0 Å². The standard InChI is InChI=1S/C19H19ClN4O3S/c1-11-5-12(2)17(13(3)6-11)27-19-18(24-28(4,25)26)22-10-16(23-19)14-7-15(20)9-21-8-14/h5-10H,1-4H3,(H,22,24). The fourth-order valence-electron chi connectivity index (χ4n) is 2.80. The predicted molar refractivity (Wildman–Crippen MR) is 109 cm³/mol. The number of aryl methyl sites for hydroxylation is 3. The van der Waals surface area contributed by atoms with Gasteiger partial charge in [0.05, 0.1) is 23.2 Å². The Morgan fingerprint density at radius 3 is 2.32 bits per heavy atom. The summed E-state index contributed by atoms with van der Waals surface area (Å²) in [7, 11) is -3.57. The molecule has 0 amide bonds. The van der Waals surface area contributed by atoms with Crippen LogP contribution in [-0.4, -0.2) is 29.6 Å². The summed E-state index contributed by atoms with van der Waals surface area (Å²) < 4.78 is 31.8. The predicted octanol–water partition coefficient (Wildman–Crippen LogP) is 4.28. The second-order valence-corrected chi connectivity index (χ2v) is 8.69. The molecule has 9 heteroatoms. The minimum Gasteiger partial charge on any atom is -0.435 e. The molecule has 0 aliphatic heterocycles. The molecule has 2 heterocycles. The number of pyridine rings is 1. The third-order valence-corrected chi connectivity index (χ3v) is 4.60. The van der Waals surface area contributed by atoms with Crippen molar-refractivity contribution in [3.05, 3.63) is 58.5 Å². The van der Waals surface area contributed by atoms with E-state index < -0.39 is 10.0 Å². The lowest BCUT2D eigenvalue weighted by Crippen LogP contribution is -2.13. The van der Waals surface area contributed by atoms with E-state index in [0.29, 0.717) is 22.0 Å². The molecule has 0 aliphatic rings. The molecule has 28 heavy (non-hydrogen) atoms. The molecule has 0 saturated heterocycles. The Morgan fingerprint density at radius 1 is 1.04 bits per heavy atom. The number of sulfonamides is 1. The first-order valence-electron chi connectivity index (χ1n) is 8.34. The fraction of sp³-hybridized carbons (Fsp3) is 0.211. The molecule has 0 fully saturated rings. The fourth-order valence-corrected chi connectivity index (χ4v) is 3.47. The zero-order chi connectivity index (χ0) is 20.5. The number of anilines is 1. The first-order chi connectivity index (χ1) is 13.1. The number of rotatable bonds is 5. The number of hydrogen-bond acceptors (Lipinski definition) is 6. The Bertz CT molecular complexity index is 1130. The van der Waals surface area contributed by atoms with Crippen LogP contribution in [0.1, 0.15) is 16.7 Å². The van der Waals surface area contributed by atoms with Crippen LogP contribution in [0.3, 0.4) is 0 Å². The van der Waals surface area contributed by atoms with Crippen molar-refractivity contribution >= 4 is 27.4 Å². The van der Waals surface area contributed by atoms with Gasteiger partial charge in [0.15, 0.2) is 0 Å². The van der Waals surface area contributed by atoms with Gasteiger partial charge in [-0.25, -0.2) is 18.4 Å². The number of benzene rings is 1. The summed E-state index contributed by atoms with van der Waals surface area (Å²) in [6.07, 6.45) is 5.57. The van der Waals surface area contributed by atoms with Gasteiger partial charge in [-0.05, 0) is 38.0 Å². The number of hydrogen-bond donors (Lipinski definition) is 1. The lowest BCUT2D eigenvalue weighted by Gasteiger charge is -2.15. The molecule has 3 aromatic rings. The SMILES string of the molecule is Cc1cc(C)c(Oc2nc(-c3cncc(Cl)c3)cnc2NS(C)(=O)=O)c(C)c1. The minimum atomic E-state index is -3.57. The highest BCUT2D eigenvalue weighted by atomic mass is 35.5. The van der Waals surface area contributed by atoms with E-state index in [4.69, 9.17) is 16.3 Å². The molecule has 0 radical (unpaired) electrons. The zero-order valence-electron chi connectivity index (χ0n) is 15.8. The van der Waals surface area contributed by atoms with Crippen LogP contribution in [-0.2, 0) is 10.0 Å². The Balaban J connectivity index is 2.11. The lowest BCUT2D eigenvalue weighted by molar-refractivity contribution is 0.456. The highest BCUT2D eigenvalue weighted by molar-refractivity contribution is 7.92. The molecule has 0 unspecified atom stereocenters. The van der Waals surface area contributed by atoms with Crippen molar-refractivity contribution in [2.45, 2.75) is 20.8 Å². The molecule has 1 aromatic carbocycles. The van der Waals surface area contributed by atoms with Gasteiger partial charge in [0.2, 0.25) is 15.8 Å². The van der Waals surface area contributed by atoms with Crippen LogP contribution in [0.5, 0.6) is 11.6 Å². The first kappa shape index (κ1) is 20.0. The molecular weight excluding hydrogens is 400 g/mol. The molecule has 3 rings (SSSR count). The molecule has 7 nitrogen and oxygen atoms in total. The van der Waals surface area contributed by atoms with Crippen molar-refractivity contribution < 1.29 is 13.2 Å². The number of halogens is 1. The number of nitrogens with zero attached hydrogens (tertiary/aromatic N) is 3. The Hall–Kier alpha value is -2.71. The molecule has 146 valence electrons. The lowest BCUT2D eigenvalue weighted by atomic mass is 10.1. The van der Waals surface area contributed by atoms with Crippen LogP contribution in [0.15, 0.2) is 36.8 Å². The summed E-state index contributed by atoms with van der Waals surface area (Å²) in [6, 6.07) is 5.64. The van der Waals surface area contributed by atoms with Crippen LogP contribution < -0.4 is 9.46 Å². The number of aromatic nitrogens is 3. The summed E-state index contributed by atoms with van der Waals surface area (Å²) in [5, 5.41) is 0.449. The maximum absolute atomic E-state index is 11.7. The van der Waals surface area contributed by atoms with E-state index in [0.717, 1.165) is 22.9 Å². The smallest absolute Gasteiger partial charge is 0.264 e. The summed E-state index contributed by atoms with van der Waals surface area (Å²) in [5.41, 5.74) is 3.99. The molecule has 0 aliphatic carbocycles. The van der Waals surface area contributed by atoms with Crippen molar-refractivity contribution in [2.75, 3.05) is 11.0 Å². The summed E-state index contributed by atoms with van der Waals surface area (Å²) >= 11 is 6.01. The van der Waals surface area contributed by atoms with E-state index in [9.17, 15) is 8.42 Å². The maximum atomic E-state index is 11.7. The van der Waals surface area contributed by atoms with E-state index in [-0.39, 0.29) is 11.7 Å². The highest BCUT2D eigenvalue weighted by Crippen LogP contribution is 2.33. The van der Waals surface area contributed by atoms with E-state index in [2.05, 4.69) is 19.7 Å². The normalized spacial score (nSPS) is 11.3. The summed E-state index contributed by atoms with van der Waals surface area (Å²) in [6.45, 7) is 5.82. The minimum absolute atomic E-state index is 0.000567. The first-order valence-corrected chi connectivity index (χ1v) is 10.6. The van der Waals surface area contributed by atoms with Crippen molar-refractivity contribution in [3.8, 4) is 22.9 Å². The molecule has 2 aromatic heterocycles. The van der Waals surface area contributed by atoms with Gasteiger partial charge < -0.3 is 4.74 Å². The van der Waals surface area contributed by atoms with Crippen LogP contribution in [0.2, 0.25) is 5.02 Å². The van der Waals surface area contributed by atoms with Crippen LogP contribution in [0, 0.1) is 20.8 Å². The Morgan fingerprint density at radius 2 is 1.71 bits per heavy atom. The van der Waals surface area contributed by atoms with Gasteiger partial charge in [-0.1, -0.05) is 29.3 Å². The van der Waals surface area contributed by atoms with Crippen molar-refractivity contribution in [1.29, 1.82) is 0 Å². The zero-order valence-corrected chi connectivity index (χ0v) is 17.4. The van der Waals surface area contributed by atoms with E-state index in [1.165, 1.54) is 12.4 Å². The van der Waals surface area contributed by atoms with Crippen LogP contribution in [0.4, 0.5) is 5.82 Å².